The van der Waals surface area contributed by atoms with Gasteiger partial charge in [0.1, 0.15) is 0 Å². The van der Waals surface area contributed by atoms with Gasteiger partial charge in [0, 0.05) is 36.2 Å². The quantitative estimate of drug-likeness (QED) is 0.297. The number of hydrogen-bond donors (Lipinski definition) is 1. The van der Waals surface area contributed by atoms with Gasteiger partial charge >= 0.3 is 0 Å². The molecule has 2 heterocycles. The second-order valence-corrected chi connectivity index (χ2v) is 10.7. The van der Waals surface area contributed by atoms with Crippen LogP contribution < -0.4 is 5.43 Å². The number of nitrogens with one attached hydrogen (secondary N) is 1. The second kappa shape index (κ2) is 9.77. The topological polar surface area (TPSA) is 118 Å². The molecule has 0 saturated carbocycles. The highest BCUT2D eigenvalue weighted by Crippen LogP contribution is 2.28. The minimum Gasteiger partial charge on any atom is -0.258 e. The maximum atomic E-state index is 12.9. The molecule has 1 fully saturated rings. The Balaban J connectivity index is 1.39. The van der Waals surface area contributed by atoms with Crippen LogP contribution in [0.2, 0.25) is 0 Å². The summed E-state index contributed by atoms with van der Waals surface area (Å²) in [6, 6.07) is 12.8. The van der Waals surface area contributed by atoms with E-state index in [4.69, 9.17) is 0 Å². The van der Waals surface area contributed by atoms with Gasteiger partial charge in [-0.3, -0.25) is 15.5 Å². The molecule has 1 aliphatic heterocycles. The van der Waals surface area contributed by atoms with Gasteiger partial charge in [-0.05, 0) is 48.6 Å². The first-order valence-electron chi connectivity index (χ1n) is 10.4. The number of piperidine rings is 1. The summed E-state index contributed by atoms with van der Waals surface area (Å²) in [5, 5.41) is 17.2. The zero-order chi connectivity index (χ0) is 23.4. The first kappa shape index (κ1) is 23.0. The molecule has 172 valence electrons. The highest BCUT2D eigenvalue weighted by Gasteiger charge is 2.27. The molecule has 1 N–H and O–H groups in total. The van der Waals surface area contributed by atoms with Crippen molar-refractivity contribution >= 4 is 38.4 Å². The van der Waals surface area contributed by atoms with E-state index < -0.39 is 14.9 Å². The van der Waals surface area contributed by atoms with Gasteiger partial charge in [-0.25, -0.2) is 13.4 Å². The number of anilines is 1. The first-order valence-corrected chi connectivity index (χ1v) is 12.7. The molecule has 1 aromatic heterocycles. The van der Waals surface area contributed by atoms with Gasteiger partial charge in [0.05, 0.1) is 21.7 Å². The number of non-ortho nitro benzene ring substituents is 1. The molecule has 11 heteroatoms. The minimum atomic E-state index is -3.48. The third-order valence-electron chi connectivity index (χ3n) is 5.51. The van der Waals surface area contributed by atoms with Gasteiger partial charge in [0.2, 0.25) is 15.2 Å². The molecular weight excluding hydrogens is 462 g/mol. The average molecular weight is 486 g/mol. The molecule has 1 aliphatic rings. The summed E-state index contributed by atoms with van der Waals surface area (Å²) in [5.41, 5.74) is 5.10. The van der Waals surface area contributed by atoms with Crippen molar-refractivity contribution in [3.05, 3.63) is 69.6 Å². The summed E-state index contributed by atoms with van der Waals surface area (Å²) in [7, 11) is -3.48. The molecule has 0 radical (unpaired) electrons. The molecule has 1 saturated heterocycles. The lowest BCUT2D eigenvalue weighted by molar-refractivity contribution is -0.384. The predicted molar refractivity (Wildman–Crippen MR) is 129 cm³/mol. The van der Waals surface area contributed by atoms with Crippen molar-refractivity contribution in [2.24, 2.45) is 11.0 Å². The van der Waals surface area contributed by atoms with Crippen molar-refractivity contribution in [1.29, 1.82) is 0 Å². The third kappa shape index (κ3) is 5.44. The number of nitrogens with zero attached hydrogens (tertiary/aromatic N) is 4. The molecule has 0 atom stereocenters. The zero-order valence-corrected chi connectivity index (χ0v) is 19.6. The van der Waals surface area contributed by atoms with Gasteiger partial charge < -0.3 is 0 Å². The van der Waals surface area contributed by atoms with Crippen LogP contribution in [0.5, 0.6) is 0 Å². The van der Waals surface area contributed by atoms with Crippen molar-refractivity contribution in [3.8, 4) is 11.3 Å². The first-order chi connectivity index (χ1) is 15.8. The fraction of sp³-hybridized carbons (Fsp3) is 0.273. The minimum absolute atomic E-state index is 0.0222. The average Bonchev–Trinajstić information content (AvgIpc) is 3.29. The molecule has 0 aliphatic carbocycles. The Labute approximate surface area is 196 Å². The Morgan fingerprint density at radius 1 is 1.15 bits per heavy atom. The van der Waals surface area contributed by atoms with Crippen LogP contribution in [-0.4, -0.2) is 41.9 Å². The number of nitro benzene ring substituents is 1. The Hall–Kier alpha value is -3.15. The number of hydrogen-bond acceptors (Lipinski definition) is 8. The predicted octanol–water partition coefficient (Wildman–Crippen LogP) is 4.58. The lowest BCUT2D eigenvalue weighted by Crippen LogP contribution is -2.37. The summed E-state index contributed by atoms with van der Waals surface area (Å²) < 4.78 is 27.3. The molecule has 33 heavy (non-hydrogen) atoms. The van der Waals surface area contributed by atoms with Gasteiger partial charge in [-0.2, -0.15) is 9.41 Å². The lowest BCUT2D eigenvalue weighted by Gasteiger charge is -2.29. The van der Waals surface area contributed by atoms with E-state index in [1.54, 1.807) is 46.9 Å². The molecule has 2 aromatic carbocycles. The Kier molecular flexibility index (Phi) is 6.82. The lowest BCUT2D eigenvalue weighted by atomic mass is 10.0. The highest BCUT2D eigenvalue weighted by molar-refractivity contribution is 7.89. The van der Waals surface area contributed by atoms with E-state index in [0.717, 1.165) is 18.4 Å². The maximum Gasteiger partial charge on any atom is 0.269 e. The van der Waals surface area contributed by atoms with E-state index in [9.17, 15) is 18.5 Å². The number of rotatable bonds is 7. The summed E-state index contributed by atoms with van der Waals surface area (Å²) in [4.78, 5) is 15.0. The smallest absolute Gasteiger partial charge is 0.258 e. The monoisotopic (exact) mass is 485 g/mol. The summed E-state index contributed by atoms with van der Waals surface area (Å²) >= 11 is 1.37. The summed E-state index contributed by atoms with van der Waals surface area (Å²) in [6.07, 6.45) is 3.32. The van der Waals surface area contributed by atoms with Gasteiger partial charge in [0.25, 0.3) is 5.69 Å². The van der Waals surface area contributed by atoms with E-state index in [0.29, 0.717) is 40.3 Å². The molecule has 0 amide bonds. The molecule has 0 spiro atoms. The fourth-order valence-corrected chi connectivity index (χ4v) is 5.61. The fourth-order valence-electron chi connectivity index (χ4n) is 3.47. The normalized spacial score (nSPS) is 15.7. The third-order valence-corrected chi connectivity index (χ3v) is 8.17. The number of benzene rings is 2. The van der Waals surface area contributed by atoms with Crippen LogP contribution in [0.4, 0.5) is 10.8 Å². The molecule has 3 aromatic rings. The SMILES string of the molecule is CC1CCN(S(=O)(=O)c2ccc(-c3csc(NN=Cc4ccc([N+](=O)[O-])cc4)n3)cc2)CC1. The van der Waals surface area contributed by atoms with Gasteiger partial charge in [-0.15, -0.1) is 11.3 Å². The molecular formula is C22H23N5O4S2. The number of aromatic nitrogens is 1. The van der Waals surface area contributed by atoms with Crippen LogP contribution in [0.3, 0.4) is 0 Å². The Bertz CT molecular complexity index is 1250. The van der Waals surface area contributed by atoms with Crippen molar-refractivity contribution in [1.82, 2.24) is 9.29 Å². The van der Waals surface area contributed by atoms with Crippen LogP contribution in [0, 0.1) is 16.0 Å². The van der Waals surface area contributed by atoms with Crippen LogP contribution in [0.25, 0.3) is 11.3 Å². The van der Waals surface area contributed by atoms with Crippen LogP contribution in [0.15, 0.2) is 63.9 Å². The molecule has 0 unspecified atom stereocenters. The van der Waals surface area contributed by atoms with Crippen molar-refractivity contribution < 1.29 is 13.3 Å². The van der Waals surface area contributed by atoms with E-state index in [1.165, 1.54) is 23.5 Å². The molecule has 0 bridgehead atoms. The van der Waals surface area contributed by atoms with E-state index >= 15 is 0 Å². The largest absolute Gasteiger partial charge is 0.269 e. The highest BCUT2D eigenvalue weighted by atomic mass is 32.2. The summed E-state index contributed by atoms with van der Waals surface area (Å²) in [5.74, 6) is 0.560. The Morgan fingerprint density at radius 3 is 2.45 bits per heavy atom. The van der Waals surface area contributed by atoms with E-state index in [-0.39, 0.29) is 5.69 Å². The second-order valence-electron chi connectivity index (χ2n) is 7.87. The number of nitro groups is 1. The van der Waals surface area contributed by atoms with Crippen LogP contribution >= 0.6 is 11.3 Å². The van der Waals surface area contributed by atoms with Crippen molar-refractivity contribution in [2.75, 3.05) is 18.5 Å². The van der Waals surface area contributed by atoms with Crippen LogP contribution in [0.1, 0.15) is 25.3 Å². The standard InChI is InChI=1S/C22H23N5O4S2/c1-16-10-12-26(13-11-16)33(30,31)20-8-4-18(5-9-20)21-15-32-22(24-21)25-23-14-17-2-6-19(7-3-17)27(28)29/h2-9,14-16H,10-13H2,1H3,(H,24,25). The Morgan fingerprint density at radius 2 is 1.82 bits per heavy atom. The van der Waals surface area contributed by atoms with Gasteiger partial charge in [-0.1, -0.05) is 19.1 Å². The zero-order valence-electron chi connectivity index (χ0n) is 17.9. The van der Waals surface area contributed by atoms with E-state index in [1.807, 2.05) is 5.38 Å². The van der Waals surface area contributed by atoms with Crippen molar-refractivity contribution in [2.45, 2.75) is 24.7 Å². The van der Waals surface area contributed by atoms with Gasteiger partial charge in [0.15, 0.2) is 0 Å². The van der Waals surface area contributed by atoms with Crippen molar-refractivity contribution in [3.63, 3.8) is 0 Å². The maximum absolute atomic E-state index is 12.9. The van der Waals surface area contributed by atoms with Crippen LogP contribution in [-0.2, 0) is 10.0 Å². The number of hydrazone groups is 1. The molecule has 9 nitrogen and oxygen atoms in total. The molecule has 4 rings (SSSR count). The van der Waals surface area contributed by atoms with E-state index in [2.05, 4.69) is 22.4 Å². The number of thiazole rings is 1. The number of sulfonamides is 1. The summed E-state index contributed by atoms with van der Waals surface area (Å²) in [6.45, 7) is 3.27.